The van der Waals surface area contributed by atoms with Gasteiger partial charge in [0.1, 0.15) is 6.10 Å². The molecule has 0 unspecified atom stereocenters. The van der Waals surface area contributed by atoms with E-state index >= 15 is 0 Å². The maximum Gasteiger partial charge on any atom is 0.330 e. The minimum atomic E-state index is -0.324. The van der Waals surface area contributed by atoms with Crippen molar-refractivity contribution in [3.05, 3.63) is 24.8 Å². The van der Waals surface area contributed by atoms with Crippen LogP contribution in [0.2, 0.25) is 0 Å². The average Bonchev–Trinajstić information content (AvgIpc) is 1.88. The van der Waals surface area contributed by atoms with E-state index in [4.69, 9.17) is 4.74 Å². The first-order valence-electron chi connectivity index (χ1n) is 3.16. The van der Waals surface area contributed by atoms with Crippen LogP contribution in [0.25, 0.3) is 0 Å². The van der Waals surface area contributed by atoms with Gasteiger partial charge in [-0.2, -0.15) is 0 Å². The predicted octanol–water partition coefficient (Wildman–Crippen LogP) is 1.68. The summed E-state index contributed by atoms with van der Waals surface area (Å²) in [4.78, 5) is 10.7. The Kier molecular flexibility index (Phi) is 4.29. The van der Waals surface area contributed by atoms with E-state index in [-0.39, 0.29) is 12.1 Å². The molecule has 0 heterocycles. The first-order valence-corrected chi connectivity index (χ1v) is 3.16. The minimum absolute atomic E-state index is 0.205. The largest absolute Gasteiger partial charge is 0.455 e. The molecule has 10 heavy (non-hydrogen) atoms. The van der Waals surface area contributed by atoms with E-state index in [2.05, 4.69) is 6.58 Å². The zero-order chi connectivity index (χ0) is 7.98. The summed E-state index contributed by atoms with van der Waals surface area (Å²) in [5, 5.41) is 0. The highest BCUT2D eigenvalue weighted by Gasteiger charge is 1.99. The van der Waals surface area contributed by atoms with Gasteiger partial charge in [-0.05, 0) is 13.8 Å². The molecule has 2 nitrogen and oxygen atoms in total. The molecule has 0 N–H and O–H groups in total. The maximum absolute atomic E-state index is 10.7. The van der Waals surface area contributed by atoms with Crippen molar-refractivity contribution < 1.29 is 9.53 Å². The van der Waals surface area contributed by atoms with Crippen molar-refractivity contribution in [1.29, 1.82) is 0 Å². The number of allylic oxidation sites excluding steroid dienone is 1. The number of hydrogen-bond donors (Lipinski definition) is 0. The lowest BCUT2D eigenvalue weighted by atomic mass is 10.4. The SMILES string of the molecule is C=C[C@H](C)OC(=O)/C=C/C. The quantitative estimate of drug-likeness (QED) is 0.338. The van der Waals surface area contributed by atoms with E-state index < -0.39 is 0 Å². The summed E-state index contributed by atoms with van der Waals surface area (Å²) in [5.74, 6) is -0.324. The smallest absolute Gasteiger partial charge is 0.330 e. The molecule has 0 saturated carbocycles. The van der Waals surface area contributed by atoms with Gasteiger partial charge >= 0.3 is 5.97 Å². The van der Waals surface area contributed by atoms with Gasteiger partial charge in [0.2, 0.25) is 0 Å². The Bertz CT molecular complexity index is 147. The van der Waals surface area contributed by atoms with E-state index in [1.54, 1.807) is 26.0 Å². The number of carbonyl (C=O) groups is 1. The van der Waals surface area contributed by atoms with Crippen molar-refractivity contribution in [2.75, 3.05) is 0 Å². The zero-order valence-electron chi connectivity index (χ0n) is 6.33. The molecule has 0 spiro atoms. The lowest BCUT2D eigenvalue weighted by Gasteiger charge is -2.04. The van der Waals surface area contributed by atoms with Crippen LogP contribution in [0.3, 0.4) is 0 Å². The highest BCUT2D eigenvalue weighted by molar-refractivity contribution is 5.81. The fourth-order valence-electron chi connectivity index (χ4n) is 0.407. The van der Waals surface area contributed by atoms with Crippen molar-refractivity contribution in [3.8, 4) is 0 Å². The Labute approximate surface area is 61.2 Å². The molecule has 0 amide bonds. The molecule has 0 saturated heterocycles. The lowest BCUT2D eigenvalue weighted by molar-refractivity contribution is -0.140. The molecule has 2 heteroatoms. The van der Waals surface area contributed by atoms with Gasteiger partial charge in [-0.25, -0.2) is 4.79 Å². The molecule has 0 aromatic rings. The number of carbonyl (C=O) groups excluding carboxylic acids is 1. The molecule has 0 rings (SSSR count). The number of hydrogen-bond acceptors (Lipinski definition) is 2. The molecule has 1 atom stereocenters. The van der Waals surface area contributed by atoms with Crippen LogP contribution in [0.5, 0.6) is 0 Å². The van der Waals surface area contributed by atoms with Gasteiger partial charge in [-0.3, -0.25) is 0 Å². The molecule has 0 radical (unpaired) electrons. The minimum Gasteiger partial charge on any atom is -0.455 e. The van der Waals surface area contributed by atoms with Crippen molar-refractivity contribution in [2.24, 2.45) is 0 Å². The van der Waals surface area contributed by atoms with Gasteiger partial charge in [0.25, 0.3) is 0 Å². The maximum atomic E-state index is 10.7. The first kappa shape index (κ1) is 8.95. The van der Waals surface area contributed by atoms with Crippen molar-refractivity contribution in [3.63, 3.8) is 0 Å². The molecule has 0 aliphatic heterocycles. The van der Waals surface area contributed by atoms with E-state index in [0.717, 1.165) is 0 Å². The van der Waals surface area contributed by atoms with E-state index in [0.29, 0.717) is 0 Å². The van der Waals surface area contributed by atoms with Crippen LogP contribution in [-0.2, 0) is 9.53 Å². The Morgan fingerprint density at radius 1 is 1.70 bits per heavy atom. The van der Waals surface area contributed by atoms with Gasteiger partial charge < -0.3 is 4.74 Å². The topological polar surface area (TPSA) is 26.3 Å². The van der Waals surface area contributed by atoms with Gasteiger partial charge in [0.15, 0.2) is 0 Å². The average molecular weight is 140 g/mol. The molecule has 0 aliphatic carbocycles. The Balaban J connectivity index is 3.67. The van der Waals surface area contributed by atoms with Gasteiger partial charge in [0, 0.05) is 6.08 Å². The number of esters is 1. The lowest BCUT2D eigenvalue weighted by Crippen LogP contribution is -2.09. The van der Waals surface area contributed by atoms with Crippen molar-refractivity contribution in [1.82, 2.24) is 0 Å². The number of rotatable bonds is 3. The molecule has 56 valence electrons. The van der Waals surface area contributed by atoms with E-state index in [9.17, 15) is 4.79 Å². The van der Waals surface area contributed by atoms with Crippen LogP contribution in [0.15, 0.2) is 24.8 Å². The molecule has 0 aromatic carbocycles. The summed E-state index contributed by atoms with van der Waals surface area (Å²) >= 11 is 0. The van der Waals surface area contributed by atoms with Gasteiger partial charge in [-0.1, -0.05) is 18.7 Å². The fourth-order valence-corrected chi connectivity index (χ4v) is 0.407. The molecule has 0 aromatic heterocycles. The summed E-state index contributed by atoms with van der Waals surface area (Å²) in [6.45, 7) is 6.99. The van der Waals surface area contributed by atoms with Crippen LogP contribution in [0.4, 0.5) is 0 Å². The standard InChI is InChI=1S/C8H12O2/c1-4-6-8(9)10-7(3)5-2/h4-7H,2H2,1,3H3/b6-4+/t7-/m0/s1. The highest BCUT2D eigenvalue weighted by atomic mass is 16.5. The fraction of sp³-hybridized carbons (Fsp3) is 0.375. The van der Waals surface area contributed by atoms with Crippen LogP contribution in [-0.4, -0.2) is 12.1 Å². The third-order valence-electron chi connectivity index (χ3n) is 0.937. The second-order valence-electron chi connectivity index (χ2n) is 1.88. The molecule has 0 bridgehead atoms. The van der Waals surface area contributed by atoms with Crippen LogP contribution in [0.1, 0.15) is 13.8 Å². The van der Waals surface area contributed by atoms with Crippen LogP contribution < -0.4 is 0 Å². The van der Waals surface area contributed by atoms with E-state index in [1.165, 1.54) is 6.08 Å². The van der Waals surface area contributed by atoms with Gasteiger partial charge in [0.05, 0.1) is 0 Å². The monoisotopic (exact) mass is 140 g/mol. The van der Waals surface area contributed by atoms with Crippen LogP contribution in [0, 0.1) is 0 Å². The van der Waals surface area contributed by atoms with Crippen molar-refractivity contribution >= 4 is 5.97 Å². The Morgan fingerprint density at radius 3 is 2.70 bits per heavy atom. The third kappa shape index (κ3) is 3.89. The second kappa shape index (κ2) is 4.79. The molecular weight excluding hydrogens is 128 g/mol. The molecule has 0 fully saturated rings. The van der Waals surface area contributed by atoms with Crippen molar-refractivity contribution in [2.45, 2.75) is 20.0 Å². The summed E-state index contributed by atoms with van der Waals surface area (Å²) in [7, 11) is 0. The summed E-state index contributed by atoms with van der Waals surface area (Å²) in [6, 6.07) is 0. The van der Waals surface area contributed by atoms with Gasteiger partial charge in [-0.15, -0.1) is 0 Å². The van der Waals surface area contributed by atoms with E-state index in [1.807, 2.05) is 0 Å². The molecular formula is C8H12O2. The summed E-state index contributed by atoms with van der Waals surface area (Å²) in [6.07, 6.45) is 4.38. The summed E-state index contributed by atoms with van der Waals surface area (Å²) in [5.41, 5.74) is 0. The highest BCUT2D eigenvalue weighted by Crippen LogP contribution is 1.92. The molecule has 0 aliphatic rings. The van der Waals surface area contributed by atoms with Crippen LogP contribution >= 0.6 is 0 Å². The third-order valence-corrected chi connectivity index (χ3v) is 0.937. The number of ether oxygens (including phenoxy) is 1. The second-order valence-corrected chi connectivity index (χ2v) is 1.88. The zero-order valence-corrected chi connectivity index (χ0v) is 6.33. The normalized spacial score (nSPS) is 13.0. The first-order chi connectivity index (χ1) is 4.70. The predicted molar refractivity (Wildman–Crippen MR) is 40.6 cm³/mol. The summed E-state index contributed by atoms with van der Waals surface area (Å²) < 4.78 is 4.80. The Morgan fingerprint density at radius 2 is 2.30 bits per heavy atom. The Hall–Kier alpha value is -1.05.